The predicted octanol–water partition coefficient (Wildman–Crippen LogP) is 4.52. The van der Waals surface area contributed by atoms with Crippen molar-refractivity contribution in [3.8, 4) is 5.75 Å². The number of carbonyl (C=O) groups excluding carboxylic acids is 2. The maximum absolute atomic E-state index is 13.9. The number of thioether (sulfide) groups is 1. The van der Waals surface area contributed by atoms with E-state index in [1.54, 1.807) is 35.9 Å². The number of carbonyl (C=O) groups is 2. The number of nitro benzene ring substituents is 1. The highest BCUT2D eigenvalue weighted by molar-refractivity contribution is 7.99. The Balaban J connectivity index is 1.45. The van der Waals surface area contributed by atoms with Crippen LogP contribution in [0.3, 0.4) is 0 Å². The largest absolute Gasteiger partial charge is 0.497 e. The topological polar surface area (TPSA) is 105 Å². The van der Waals surface area contributed by atoms with Crippen molar-refractivity contribution in [3.63, 3.8) is 0 Å². The van der Waals surface area contributed by atoms with Crippen molar-refractivity contribution in [1.29, 1.82) is 0 Å². The van der Waals surface area contributed by atoms with Crippen LogP contribution in [0.4, 0.5) is 10.5 Å². The van der Waals surface area contributed by atoms with Gasteiger partial charge in [0.15, 0.2) is 0 Å². The van der Waals surface area contributed by atoms with Crippen LogP contribution in [-0.4, -0.2) is 82.9 Å². The summed E-state index contributed by atoms with van der Waals surface area (Å²) in [4.78, 5) is 43.2. The summed E-state index contributed by atoms with van der Waals surface area (Å²) in [5.74, 6) is 1.51. The van der Waals surface area contributed by atoms with Gasteiger partial charge in [0.05, 0.1) is 18.2 Å². The number of likely N-dealkylation sites (tertiary alicyclic amines) is 2. The van der Waals surface area contributed by atoms with E-state index in [9.17, 15) is 19.7 Å². The van der Waals surface area contributed by atoms with E-state index in [0.29, 0.717) is 25.1 Å². The summed E-state index contributed by atoms with van der Waals surface area (Å²) in [6.07, 6.45) is 2.00. The average molecular weight is 557 g/mol. The molecule has 2 fully saturated rings. The fraction of sp³-hybridized carbons (Fsp3) is 0.500. The number of ether oxygens (including phenoxy) is 2. The first-order valence-corrected chi connectivity index (χ1v) is 14.3. The summed E-state index contributed by atoms with van der Waals surface area (Å²) < 4.78 is 10.8. The molecule has 3 atom stereocenters. The van der Waals surface area contributed by atoms with Crippen molar-refractivity contribution in [3.05, 3.63) is 69.8 Å². The zero-order valence-electron chi connectivity index (χ0n) is 22.7. The highest BCUT2D eigenvalue weighted by atomic mass is 32.2. The number of hydrogen-bond donors (Lipinski definition) is 0. The molecule has 4 rings (SSSR count). The van der Waals surface area contributed by atoms with Gasteiger partial charge in [0.2, 0.25) is 5.91 Å². The maximum atomic E-state index is 13.9. The molecule has 2 aliphatic heterocycles. The minimum absolute atomic E-state index is 0.0245. The number of non-ortho nitro benzene ring substituents is 1. The summed E-state index contributed by atoms with van der Waals surface area (Å²) in [5.41, 5.74) is 1.76. The number of benzene rings is 2. The second-order valence-electron chi connectivity index (χ2n) is 9.89. The van der Waals surface area contributed by atoms with Gasteiger partial charge < -0.3 is 14.4 Å². The van der Waals surface area contributed by atoms with Crippen LogP contribution in [0.2, 0.25) is 0 Å². The van der Waals surface area contributed by atoms with E-state index in [1.165, 1.54) is 12.1 Å². The van der Waals surface area contributed by atoms with Crippen LogP contribution in [0.15, 0.2) is 48.5 Å². The summed E-state index contributed by atoms with van der Waals surface area (Å²) in [5, 5.41) is 11.0. The van der Waals surface area contributed by atoms with Gasteiger partial charge in [-0.2, -0.15) is 11.8 Å². The van der Waals surface area contributed by atoms with Gasteiger partial charge in [-0.05, 0) is 75.2 Å². The quantitative estimate of drug-likeness (QED) is 0.311. The van der Waals surface area contributed by atoms with E-state index in [4.69, 9.17) is 9.47 Å². The molecule has 2 saturated heterocycles. The molecule has 0 N–H and O–H groups in total. The molecular weight excluding hydrogens is 520 g/mol. The number of rotatable bonds is 10. The van der Waals surface area contributed by atoms with Crippen molar-refractivity contribution in [2.24, 2.45) is 0 Å². The second-order valence-corrected chi connectivity index (χ2v) is 11.2. The first kappa shape index (κ1) is 28.7. The number of amides is 2. The summed E-state index contributed by atoms with van der Waals surface area (Å²) in [6, 6.07) is 13.2. The molecule has 39 heavy (non-hydrogen) atoms. The SMILES string of the molecule is CCN(C(=O)[C@@H]1C[C@H](SCc2ccc(OC)cc2)CN1C(=O)OCc1ccc([N+](=O)[O-])cc1)C1CCCN1C. The highest BCUT2D eigenvalue weighted by Crippen LogP contribution is 2.33. The Bertz CT molecular complexity index is 1150. The third-order valence-electron chi connectivity index (χ3n) is 7.40. The van der Waals surface area contributed by atoms with Crippen LogP contribution in [-0.2, 0) is 21.9 Å². The minimum Gasteiger partial charge on any atom is -0.497 e. The Kier molecular flexibility index (Phi) is 9.68. The Hall–Kier alpha value is -3.31. The van der Waals surface area contributed by atoms with Crippen molar-refractivity contribution in [2.45, 2.75) is 56.0 Å². The molecule has 2 amide bonds. The second kappa shape index (κ2) is 13.2. The summed E-state index contributed by atoms with van der Waals surface area (Å²) in [7, 11) is 3.67. The third-order valence-corrected chi connectivity index (χ3v) is 8.71. The molecule has 0 aliphatic carbocycles. The molecular formula is C28H36N4O6S. The van der Waals surface area contributed by atoms with Crippen molar-refractivity contribution >= 4 is 29.4 Å². The molecule has 210 valence electrons. The molecule has 0 bridgehead atoms. The van der Waals surface area contributed by atoms with Gasteiger partial charge in [-0.3, -0.25) is 24.7 Å². The Morgan fingerprint density at radius 1 is 1.13 bits per heavy atom. The first-order valence-electron chi connectivity index (χ1n) is 13.2. The van der Waals surface area contributed by atoms with E-state index < -0.39 is 17.1 Å². The van der Waals surface area contributed by atoms with Crippen LogP contribution in [0.25, 0.3) is 0 Å². The fourth-order valence-corrected chi connectivity index (χ4v) is 6.43. The van der Waals surface area contributed by atoms with Crippen LogP contribution in [0.5, 0.6) is 5.75 Å². The van der Waals surface area contributed by atoms with Gasteiger partial charge in [-0.15, -0.1) is 0 Å². The number of nitro groups is 1. The maximum Gasteiger partial charge on any atom is 0.410 e. The van der Waals surface area contributed by atoms with Crippen LogP contribution >= 0.6 is 11.8 Å². The van der Waals surface area contributed by atoms with E-state index in [0.717, 1.165) is 36.5 Å². The predicted molar refractivity (Wildman–Crippen MR) is 150 cm³/mol. The Morgan fingerprint density at radius 3 is 2.41 bits per heavy atom. The van der Waals surface area contributed by atoms with Gasteiger partial charge in [0.1, 0.15) is 18.4 Å². The molecule has 2 aliphatic rings. The van der Waals surface area contributed by atoms with Gasteiger partial charge >= 0.3 is 6.09 Å². The molecule has 0 aromatic heterocycles. The van der Waals surface area contributed by atoms with Crippen LogP contribution < -0.4 is 4.74 Å². The molecule has 10 nitrogen and oxygen atoms in total. The molecule has 0 saturated carbocycles. The number of likely N-dealkylation sites (N-methyl/N-ethyl adjacent to an activating group) is 1. The van der Waals surface area contributed by atoms with Gasteiger partial charge in [0, 0.05) is 36.2 Å². The highest BCUT2D eigenvalue weighted by Gasteiger charge is 2.44. The standard InChI is InChI=1S/C28H36N4O6S/c1-4-30(26-6-5-15-29(26)2)27(33)25-16-24(39-19-21-9-13-23(37-3)14-10-21)17-31(25)28(34)38-18-20-7-11-22(12-8-20)32(35)36/h7-14,24-26H,4-6,15-19H2,1-3H3/t24-,25-,26?/m0/s1. The molecule has 2 heterocycles. The fourth-order valence-electron chi connectivity index (χ4n) is 5.22. The Labute approximate surface area is 233 Å². The molecule has 11 heteroatoms. The smallest absolute Gasteiger partial charge is 0.410 e. The van der Waals surface area contributed by atoms with Crippen molar-refractivity contribution < 1.29 is 24.0 Å². The molecule has 0 spiro atoms. The van der Waals surface area contributed by atoms with E-state index in [1.807, 2.05) is 43.1 Å². The number of hydrogen-bond acceptors (Lipinski definition) is 8. The normalized spacial score (nSPS) is 21.1. The number of nitrogens with zero attached hydrogens (tertiary/aromatic N) is 4. The van der Waals surface area contributed by atoms with Crippen LogP contribution in [0.1, 0.15) is 37.3 Å². The summed E-state index contributed by atoms with van der Waals surface area (Å²) in [6.45, 7) is 3.88. The van der Waals surface area contributed by atoms with Gasteiger partial charge in [-0.1, -0.05) is 12.1 Å². The average Bonchev–Trinajstić information content (AvgIpc) is 3.58. The van der Waals surface area contributed by atoms with E-state index in [2.05, 4.69) is 4.90 Å². The molecule has 1 unspecified atom stereocenters. The first-order chi connectivity index (χ1) is 18.8. The van der Waals surface area contributed by atoms with E-state index >= 15 is 0 Å². The number of methoxy groups -OCH3 is 1. The van der Waals surface area contributed by atoms with Gasteiger partial charge in [0.25, 0.3) is 5.69 Å². The zero-order chi connectivity index (χ0) is 27.9. The monoisotopic (exact) mass is 556 g/mol. The minimum atomic E-state index is -0.600. The van der Waals surface area contributed by atoms with Crippen molar-refractivity contribution in [1.82, 2.24) is 14.7 Å². The lowest BCUT2D eigenvalue weighted by Crippen LogP contribution is -2.53. The molecule has 0 radical (unpaired) electrons. The van der Waals surface area contributed by atoms with Crippen molar-refractivity contribution in [2.75, 3.05) is 33.8 Å². The molecule has 2 aromatic carbocycles. The zero-order valence-corrected chi connectivity index (χ0v) is 23.5. The summed E-state index contributed by atoms with van der Waals surface area (Å²) >= 11 is 1.73. The Morgan fingerprint density at radius 2 is 1.82 bits per heavy atom. The lowest BCUT2D eigenvalue weighted by atomic mass is 10.1. The lowest BCUT2D eigenvalue weighted by molar-refractivity contribution is -0.384. The van der Waals surface area contributed by atoms with E-state index in [-0.39, 0.29) is 29.6 Å². The third kappa shape index (κ3) is 7.02. The molecule has 2 aromatic rings. The van der Waals surface area contributed by atoms with Gasteiger partial charge in [-0.25, -0.2) is 4.79 Å². The lowest BCUT2D eigenvalue weighted by Gasteiger charge is -2.36. The van der Waals surface area contributed by atoms with Crippen LogP contribution in [0, 0.1) is 10.1 Å².